The highest BCUT2D eigenvalue weighted by atomic mass is 35.5. The molecule has 0 atom stereocenters. The molecule has 0 unspecified atom stereocenters. The first kappa shape index (κ1) is 12.9. The van der Waals surface area contributed by atoms with Crippen LogP contribution in [0.2, 0.25) is 5.02 Å². The second kappa shape index (κ2) is 5.85. The van der Waals surface area contributed by atoms with Gasteiger partial charge in [0.15, 0.2) is 0 Å². The van der Waals surface area contributed by atoms with Crippen molar-refractivity contribution in [3.05, 3.63) is 52.7 Å². The zero-order chi connectivity index (χ0) is 13.0. The number of ether oxygens (including phenoxy) is 1. The lowest BCUT2D eigenvalue weighted by atomic mass is 10.2. The maximum absolute atomic E-state index is 6.05. The van der Waals surface area contributed by atoms with Crippen molar-refractivity contribution in [2.24, 2.45) is 0 Å². The predicted molar refractivity (Wildman–Crippen MR) is 73.3 cm³/mol. The number of nitrogens with one attached hydrogen (secondary N) is 1. The van der Waals surface area contributed by atoms with Gasteiger partial charge in [-0.05, 0) is 37.7 Å². The molecule has 0 amide bonds. The molecule has 0 aliphatic rings. The standard InChI is InChI=1S/C14H15ClN2O/c1-10-4-3-5-11(8-10)18-14-7-6-12(15)13(17-14)9-16-2/h3-8,16H,9H2,1-2H3. The maximum Gasteiger partial charge on any atom is 0.219 e. The normalized spacial score (nSPS) is 10.4. The van der Waals surface area contributed by atoms with Gasteiger partial charge in [-0.15, -0.1) is 0 Å². The maximum atomic E-state index is 6.05. The van der Waals surface area contributed by atoms with Crippen LogP contribution in [-0.2, 0) is 6.54 Å². The third-order valence-corrected chi connectivity index (χ3v) is 2.79. The molecular formula is C14H15ClN2O. The zero-order valence-corrected chi connectivity index (χ0v) is 11.2. The summed E-state index contributed by atoms with van der Waals surface area (Å²) in [6.07, 6.45) is 0. The van der Waals surface area contributed by atoms with Gasteiger partial charge < -0.3 is 10.1 Å². The Labute approximate surface area is 112 Å². The molecule has 2 rings (SSSR count). The lowest BCUT2D eigenvalue weighted by Crippen LogP contribution is -2.07. The van der Waals surface area contributed by atoms with Crippen LogP contribution in [0.5, 0.6) is 11.6 Å². The summed E-state index contributed by atoms with van der Waals surface area (Å²) in [5.41, 5.74) is 1.93. The fourth-order valence-electron chi connectivity index (χ4n) is 1.61. The molecule has 18 heavy (non-hydrogen) atoms. The van der Waals surface area contributed by atoms with Crippen molar-refractivity contribution in [2.75, 3.05) is 7.05 Å². The van der Waals surface area contributed by atoms with Crippen molar-refractivity contribution in [1.82, 2.24) is 10.3 Å². The van der Waals surface area contributed by atoms with E-state index in [-0.39, 0.29) is 0 Å². The van der Waals surface area contributed by atoms with Crippen molar-refractivity contribution >= 4 is 11.6 Å². The molecule has 1 aromatic carbocycles. The second-order valence-electron chi connectivity index (χ2n) is 4.03. The molecular weight excluding hydrogens is 248 g/mol. The van der Waals surface area contributed by atoms with E-state index in [2.05, 4.69) is 10.3 Å². The van der Waals surface area contributed by atoms with Gasteiger partial charge in [0.05, 0.1) is 10.7 Å². The van der Waals surface area contributed by atoms with Gasteiger partial charge in [0.2, 0.25) is 5.88 Å². The molecule has 0 fully saturated rings. The molecule has 2 aromatic rings. The Balaban J connectivity index is 2.21. The van der Waals surface area contributed by atoms with Crippen molar-refractivity contribution < 1.29 is 4.74 Å². The molecule has 0 aliphatic carbocycles. The van der Waals surface area contributed by atoms with Crippen LogP contribution in [0, 0.1) is 6.92 Å². The Morgan fingerprint density at radius 1 is 1.28 bits per heavy atom. The lowest BCUT2D eigenvalue weighted by molar-refractivity contribution is 0.459. The van der Waals surface area contributed by atoms with Gasteiger partial charge in [-0.2, -0.15) is 0 Å². The van der Waals surface area contributed by atoms with Crippen molar-refractivity contribution in [3.8, 4) is 11.6 Å². The second-order valence-corrected chi connectivity index (χ2v) is 4.43. The van der Waals surface area contributed by atoms with Crippen LogP contribution in [0.1, 0.15) is 11.3 Å². The number of hydrogen-bond donors (Lipinski definition) is 1. The Hall–Kier alpha value is -1.58. The number of aryl methyl sites for hydroxylation is 1. The average molecular weight is 263 g/mol. The fourth-order valence-corrected chi connectivity index (χ4v) is 1.78. The molecule has 4 heteroatoms. The number of nitrogens with zero attached hydrogens (tertiary/aromatic N) is 1. The first-order valence-corrected chi connectivity index (χ1v) is 6.11. The van der Waals surface area contributed by atoms with Crippen molar-refractivity contribution in [1.29, 1.82) is 0 Å². The molecule has 3 nitrogen and oxygen atoms in total. The summed E-state index contributed by atoms with van der Waals surface area (Å²) in [4.78, 5) is 4.37. The smallest absolute Gasteiger partial charge is 0.219 e. The van der Waals surface area contributed by atoms with Crippen molar-refractivity contribution in [2.45, 2.75) is 13.5 Å². The van der Waals surface area contributed by atoms with Crippen LogP contribution in [0.3, 0.4) is 0 Å². The third-order valence-electron chi connectivity index (χ3n) is 2.45. The summed E-state index contributed by atoms with van der Waals surface area (Å²) >= 11 is 6.05. The van der Waals surface area contributed by atoms with Crippen LogP contribution in [0.25, 0.3) is 0 Å². The van der Waals surface area contributed by atoms with E-state index in [9.17, 15) is 0 Å². The first-order valence-electron chi connectivity index (χ1n) is 5.73. The highest BCUT2D eigenvalue weighted by Gasteiger charge is 2.05. The van der Waals surface area contributed by atoms with Gasteiger partial charge in [0.1, 0.15) is 5.75 Å². The largest absolute Gasteiger partial charge is 0.439 e. The van der Waals surface area contributed by atoms with Gasteiger partial charge in [0.25, 0.3) is 0 Å². The lowest BCUT2D eigenvalue weighted by Gasteiger charge is -2.08. The molecule has 0 saturated carbocycles. The van der Waals surface area contributed by atoms with E-state index < -0.39 is 0 Å². The minimum Gasteiger partial charge on any atom is -0.439 e. The summed E-state index contributed by atoms with van der Waals surface area (Å²) in [5.74, 6) is 1.33. The van der Waals surface area contributed by atoms with E-state index in [4.69, 9.17) is 16.3 Å². The van der Waals surface area contributed by atoms with Gasteiger partial charge in [-0.25, -0.2) is 4.98 Å². The summed E-state index contributed by atoms with van der Waals surface area (Å²) in [6.45, 7) is 2.64. The molecule has 94 valence electrons. The molecule has 1 N–H and O–H groups in total. The molecule has 1 aromatic heterocycles. The van der Waals surface area contributed by atoms with E-state index in [1.165, 1.54) is 0 Å². The SMILES string of the molecule is CNCc1nc(Oc2cccc(C)c2)ccc1Cl. The highest BCUT2D eigenvalue weighted by Crippen LogP contribution is 2.23. The Morgan fingerprint density at radius 2 is 2.11 bits per heavy atom. The summed E-state index contributed by atoms with van der Waals surface area (Å²) in [5, 5.41) is 3.66. The highest BCUT2D eigenvalue weighted by molar-refractivity contribution is 6.31. The van der Waals surface area contributed by atoms with Crippen LogP contribution in [-0.4, -0.2) is 12.0 Å². The van der Waals surface area contributed by atoms with Crippen molar-refractivity contribution in [3.63, 3.8) is 0 Å². The molecule has 0 aliphatic heterocycles. The first-order chi connectivity index (χ1) is 8.69. The molecule has 0 saturated heterocycles. The number of benzene rings is 1. The van der Waals surface area contributed by atoms with Crippen LogP contribution in [0.15, 0.2) is 36.4 Å². The average Bonchev–Trinajstić information content (AvgIpc) is 2.34. The summed E-state index contributed by atoms with van der Waals surface area (Å²) in [7, 11) is 1.85. The number of aromatic nitrogens is 1. The van der Waals surface area contributed by atoms with Crippen LogP contribution in [0.4, 0.5) is 0 Å². The molecule has 1 heterocycles. The van der Waals surface area contributed by atoms with E-state index in [1.807, 2.05) is 38.2 Å². The Morgan fingerprint density at radius 3 is 2.83 bits per heavy atom. The summed E-state index contributed by atoms with van der Waals surface area (Å²) in [6, 6.07) is 11.4. The number of hydrogen-bond acceptors (Lipinski definition) is 3. The van der Waals surface area contributed by atoms with E-state index in [0.717, 1.165) is 17.0 Å². The van der Waals surface area contributed by atoms with Gasteiger partial charge in [0, 0.05) is 12.6 Å². The molecule has 0 bridgehead atoms. The fraction of sp³-hybridized carbons (Fsp3) is 0.214. The minimum absolute atomic E-state index is 0.551. The number of rotatable bonds is 4. The predicted octanol–water partition coefficient (Wildman–Crippen LogP) is 3.56. The van der Waals surface area contributed by atoms with Crippen LogP contribution >= 0.6 is 11.6 Å². The van der Waals surface area contributed by atoms with E-state index >= 15 is 0 Å². The Kier molecular flexibility index (Phi) is 4.18. The summed E-state index contributed by atoms with van der Waals surface area (Å²) < 4.78 is 5.70. The van der Waals surface area contributed by atoms with Gasteiger partial charge in [-0.3, -0.25) is 0 Å². The number of halogens is 1. The van der Waals surface area contributed by atoms with E-state index in [0.29, 0.717) is 17.4 Å². The Bertz CT molecular complexity index is 543. The zero-order valence-electron chi connectivity index (χ0n) is 10.4. The third kappa shape index (κ3) is 3.22. The van der Waals surface area contributed by atoms with Gasteiger partial charge >= 0.3 is 0 Å². The molecule has 0 spiro atoms. The van der Waals surface area contributed by atoms with Gasteiger partial charge in [-0.1, -0.05) is 23.7 Å². The minimum atomic E-state index is 0.551. The van der Waals surface area contributed by atoms with Crippen LogP contribution < -0.4 is 10.1 Å². The monoisotopic (exact) mass is 262 g/mol. The molecule has 0 radical (unpaired) electrons. The number of pyridine rings is 1. The topological polar surface area (TPSA) is 34.2 Å². The quantitative estimate of drug-likeness (QED) is 0.915. The van der Waals surface area contributed by atoms with E-state index in [1.54, 1.807) is 12.1 Å².